The van der Waals surface area contributed by atoms with E-state index in [-0.39, 0.29) is 0 Å². The number of rotatable bonds is 5. The van der Waals surface area contributed by atoms with Crippen LogP contribution in [0.4, 0.5) is 0 Å². The molecule has 0 heterocycles. The van der Waals surface area contributed by atoms with Crippen LogP contribution in [0.25, 0.3) is 0 Å². The van der Waals surface area contributed by atoms with Gasteiger partial charge >= 0.3 is 0 Å². The van der Waals surface area contributed by atoms with E-state index in [2.05, 4.69) is 51.0 Å². The molecule has 1 saturated carbocycles. The van der Waals surface area contributed by atoms with E-state index in [1.54, 1.807) is 0 Å². The second kappa shape index (κ2) is 5.52. The molecule has 16 heavy (non-hydrogen) atoms. The normalized spacial score (nSPS) is 15.1. The van der Waals surface area contributed by atoms with E-state index in [0.717, 1.165) is 30.0 Å². The van der Waals surface area contributed by atoms with Gasteiger partial charge in [0.15, 0.2) is 0 Å². The third-order valence-electron chi connectivity index (χ3n) is 2.85. The molecule has 0 unspecified atom stereocenters. The molecule has 1 aromatic carbocycles. The zero-order valence-corrected chi connectivity index (χ0v) is 10.9. The summed E-state index contributed by atoms with van der Waals surface area (Å²) in [6.45, 7) is 2.88. The quantitative estimate of drug-likeness (QED) is 0.747. The Morgan fingerprint density at radius 1 is 1.31 bits per heavy atom. The molecule has 2 heteroatoms. The maximum atomic E-state index is 5.40. The van der Waals surface area contributed by atoms with E-state index in [9.17, 15) is 0 Å². The Hall–Kier alpha value is -0.780. The van der Waals surface area contributed by atoms with E-state index in [0.29, 0.717) is 0 Å². The van der Waals surface area contributed by atoms with Gasteiger partial charge < -0.3 is 0 Å². The summed E-state index contributed by atoms with van der Waals surface area (Å²) in [6.07, 6.45) is 8.16. The third kappa shape index (κ3) is 3.66. The topological polar surface area (TPSA) is 3.24 Å². The molecule has 0 aromatic heterocycles. The van der Waals surface area contributed by atoms with E-state index >= 15 is 0 Å². The van der Waals surface area contributed by atoms with Gasteiger partial charge in [0.25, 0.3) is 0 Å². The lowest BCUT2D eigenvalue weighted by molar-refractivity contribution is 0.286. The van der Waals surface area contributed by atoms with Gasteiger partial charge in [0.2, 0.25) is 0 Å². The predicted octanol–water partition coefficient (Wildman–Crippen LogP) is 3.29. The van der Waals surface area contributed by atoms with E-state index in [1.807, 2.05) is 0 Å². The molecule has 0 saturated heterocycles. The number of benzene rings is 1. The van der Waals surface area contributed by atoms with Crippen LogP contribution >= 0.6 is 15.9 Å². The highest BCUT2D eigenvalue weighted by molar-refractivity contribution is 9.10. The highest BCUT2D eigenvalue weighted by atomic mass is 79.9. The Morgan fingerprint density at radius 3 is 2.56 bits per heavy atom. The molecule has 0 bridgehead atoms. The fourth-order valence-electron chi connectivity index (χ4n) is 1.83. The first-order chi connectivity index (χ1) is 7.78. The molecule has 0 aliphatic heterocycles. The fourth-order valence-corrected chi connectivity index (χ4v) is 2.09. The van der Waals surface area contributed by atoms with E-state index < -0.39 is 0 Å². The minimum absolute atomic E-state index is 0.757. The lowest BCUT2D eigenvalue weighted by atomic mass is 10.2. The largest absolute Gasteiger partial charge is 0.288 e. The van der Waals surface area contributed by atoms with Gasteiger partial charge in [-0.25, -0.2) is 0 Å². The molecule has 0 radical (unpaired) electrons. The Balaban J connectivity index is 1.93. The summed E-state index contributed by atoms with van der Waals surface area (Å²) in [4.78, 5) is 2.36. The van der Waals surface area contributed by atoms with Gasteiger partial charge in [-0.3, -0.25) is 4.90 Å². The number of hydrogen-bond acceptors (Lipinski definition) is 1. The third-order valence-corrected chi connectivity index (χ3v) is 3.38. The first kappa shape index (κ1) is 11.7. The summed E-state index contributed by atoms with van der Waals surface area (Å²) >= 11 is 3.45. The fraction of sp³-hybridized carbons (Fsp3) is 0.429. The van der Waals surface area contributed by atoms with Crippen LogP contribution in [0, 0.1) is 18.3 Å². The average Bonchev–Trinajstić information content (AvgIpc) is 3.06. The molecule has 0 amide bonds. The molecule has 2 rings (SSSR count). The Kier molecular flexibility index (Phi) is 4.04. The van der Waals surface area contributed by atoms with Crippen LogP contribution in [0.3, 0.4) is 0 Å². The van der Waals surface area contributed by atoms with Crippen molar-refractivity contribution < 1.29 is 0 Å². The summed E-state index contributed by atoms with van der Waals surface area (Å²) in [5, 5.41) is 0. The second-order valence-electron chi connectivity index (χ2n) is 4.44. The molecule has 1 fully saturated rings. The lowest BCUT2D eigenvalue weighted by Gasteiger charge is -2.19. The van der Waals surface area contributed by atoms with E-state index in [1.165, 1.54) is 18.4 Å². The zero-order chi connectivity index (χ0) is 11.4. The highest BCUT2D eigenvalue weighted by Gasteiger charge is 2.23. The van der Waals surface area contributed by atoms with Crippen LogP contribution in [0.1, 0.15) is 18.4 Å². The van der Waals surface area contributed by atoms with Gasteiger partial charge in [-0.1, -0.05) is 34.0 Å². The highest BCUT2D eigenvalue weighted by Crippen LogP contribution is 2.30. The summed E-state index contributed by atoms with van der Waals surface area (Å²) in [5.41, 5.74) is 1.33. The van der Waals surface area contributed by atoms with Gasteiger partial charge in [0.1, 0.15) is 0 Å². The van der Waals surface area contributed by atoms with Crippen molar-refractivity contribution in [2.24, 2.45) is 5.92 Å². The van der Waals surface area contributed by atoms with Crippen LogP contribution < -0.4 is 0 Å². The van der Waals surface area contributed by atoms with Crippen molar-refractivity contribution in [2.45, 2.75) is 19.4 Å². The number of terminal acetylenes is 1. The minimum atomic E-state index is 0.757. The number of halogens is 1. The molecule has 1 aliphatic carbocycles. The molecular weight excluding hydrogens is 262 g/mol. The maximum absolute atomic E-state index is 5.40. The van der Waals surface area contributed by atoms with Crippen molar-refractivity contribution >= 4 is 15.9 Å². The molecule has 1 nitrogen and oxygen atoms in total. The summed E-state index contributed by atoms with van der Waals surface area (Å²) in [6, 6.07) is 8.47. The van der Waals surface area contributed by atoms with E-state index in [4.69, 9.17) is 6.42 Å². The number of hydrogen-bond donors (Lipinski definition) is 0. The molecule has 1 aromatic rings. The first-order valence-corrected chi connectivity index (χ1v) is 6.47. The summed E-state index contributed by atoms with van der Waals surface area (Å²) < 4.78 is 1.13. The minimum Gasteiger partial charge on any atom is -0.288 e. The average molecular weight is 278 g/mol. The molecule has 0 N–H and O–H groups in total. The van der Waals surface area contributed by atoms with Gasteiger partial charge in [0, 0.05) is 17.6 Å². The molecular formula is C14H16BrN. The van der Waals surface area contributed by atoms with Crippen molar-refractivity contribution in [2.75, 3.05) is 13.1 Å². The molecule has 0 spiro atoms. The molecule has 0 atom stereocenters. The monoisotopic (exact) mass is 277 g/mol. The first-order valence-electron chi connectivity index (χ1n) is 5.68. The standard InChI is InChI=1S/C14H16BrN/c1-2-9-16(10-12-3-4-12)11-13-5-7-14(15)8-6-13/h1,5-8,12H,3-4,9-11H2. The molecule has 84 valence electrons. The SMILES string of the molecule is C#CCN(Cc1ccc(Br)cc1)CC1CC1. The molecule has 1 aliphatic rings. The van der Waals surface area contributed by atoms with Crippen LogP contribution in [0.5, 0.6) is 0 Å². The Morgan fingerprint density at radius 2 is 2.00 bits per heavy atom. The smallest absolute Gasteiger partial charge is 0.0601 e. The van der Waals surface area contributed by atoms with Gasteiger partial charge in [-0.05, 0) is 36.5 Å². The lowest BCUT2D eigenvalue weighted by Crippen LogP contribution is -2.25. The second-order valence-corrected chi connectivity index (χ2v) is 5.36. The van der Waals surface area contributed by atoms with Crippen molar-refractivity contribution in [1.29, 1.82) is 0 Å². The maximum Gasteiger partial charge on any atom is 0.0601 e. The Labute approximate surface area is 106 Å². The van der Waals surface area contributed by atoms with Crippen LogP contribution in [0.2, 0.25) is 0 Å². The van der Waals surface area contributed by atoms with Crippen molar-refractivity contribution in [3.63, 3.8) is 0 Å². The van der Waals surface area contributed by atoms with Gasteiger partial charge in [-0.2, -0.15) is 0 Å². The number of nitrogens with zero attached hydrogens (tertiary/aromatic N) is 1. The van der Waals surface area contributed by atoms with Crippen LogP contribution in [-0.2, 0) is 6.54 Å². The van der Waals surface area contributed by atoms with Crippen molar-refractivity contribution in [3.05, 3.63) is 34.3 Å². The van der Waals surface area contributed by atoms with Gasteiger partial charge in [-0.15, -0.1) is 6.42 Å². The van der Waals surface area contributed by atoms with Crippen LogP contribution in [-0.4, -0.2) is 18.0 Å². The predicted molar refractivity (Wildman–Crippen MR) is 71.0 cm³/mol. The van der Waals surface area contributed by atoms with Crippen molar-refractivity contribution in [3.8, 4) is 12.3 Å². The van der Waals surface area contributed by atoms with Crippen LogP contribution in [0.15, 0.2) is 28.7 Å². The van der Waals surface area contributed by atoms with Crippen molar-refractivity contribution in [1.82, 2.24) is 4.90 Å². The zero-order valence-electron chi connectivity index (χ0n) is 9.32. The summed E-state index contributed by atoms with van der Waals surface area (Å²) in [5.74, 6) is 3.64. The summed E-state index contributed by atoms with van der Waals surface area (Å²) in [7, 11) is 0. The van der Waals surface area contributed by atoms with Gasteiger partial charge in [0.05, 0.1) is 6.54 Å². The Bertz CT molecular complexity index is 373.